The molecule has 0 aliphatic carbocycles. The Morgan fingerprint density at radius 2 is 2.00 bits per heavy atom. The standard InChI is InChI=1S/C21H28N4O5/c1-12(2)16(20(26)30-5)24-21(27)25-10-9-14-17(23-11-22-14)18(25)13-7-6-8-15(28-3)19(13)29-4/h6-8,11-12,16,18H,9-10H2,1-5H3,(H,22,23)(H,24,27)/t16-,18-/m0/s1. The molecule has 0 fully saturated rings. The Hall–Kier alpha value is -3.23. The molecule has 2 heterocycles. The summed E-state index contributed by atoms with van der Waals surface area (Å²) in [5.74, 6) is 0.489. The van der Waals surface area contributed by atoms with Crippen LogP contribution in [0, 0.1) is 5.92 Å². The van der Waals surface area contributed by atoms with Gasteiger partial charge in [-0.25, -0.2) is 14.6 Å². The van der Waals surface area contributed by atoms with Crippen LogP contribution in [0.3, 0.4) is 0 Å². The Balaban J connectivity index is 2.02. The zero-order valence-electron chi connectivity index (χ0n) is 17.9. The van der Waals surface area contributed by atoms with Gasteiger partial charge < -0.3 is 29.4 Å². The molecule has 0 saturated carbocycles. The van der Waals surface area contributed by atoms with Gasteiger partial charge in [-0.3, -0.25) is 0 Å². The molecule has 1 aliphatic heterocycles. The largest absolute Gasteiger partial charge is 0.493 e. The lowest BCUT2D eigenvalue weighted by molar-refractivity contribution is -0.144. The van der Waals surface area contributed by atoms with Crippen molar-refractivity contribution < 1.29 is 23.8 Å². The number of H-pyrrole nitrogens is 1. The van der Waals surface area contributed by atoms with E-state index in [1.807, 2.05) is 26.0 Å². The maximum atomic E-state index is 13.3. The van der Waals surface area contributed by atoms with Crippen LogP contribution in [0.5, 0.6) is 11.5 Å². The fourth-order valence-electron chi connectivity index (χ4n) is 3.78. The highest BCUT2D eigenvalue weighted by Crippen LogP contribution is 2.42. The number of rotatable bonds is 6. The van der Waals surface area contributed by atoms with Gasteiger partial charge in [0.2, 0.25) is 0 Å². The van der Waals surface area contributed by atoms with Crippen molar-refractivity contribution in [2.24, 2.45) is 5.92 Å². The highest BCUT2D eigenvalue weighted by atomic mass is 16.5. The number of aromatic nitrogens is 2. The van der Waals surface area contributed by atoms with E-state index in [4.69, 9.17) is 14.2 Å². The predicted molar refractivity (Wildman–Crippen MR) is 110 cm³/mol. The molecular formula is C21H28N4O5. The van der Waals surface area contributed by atoms with E-state index in [9.17, 15) is 9.59 Å². The second-order valence-electron chi connectivity index (χ2n) is 7.39. The van der Waals surface area contributed by atoms with E-state index >= 15 is 0 Å². The van der Waals surface area contributed by atoms with Crippen LogP contribution in [0.4, 0.5) is 4.79 Å². The van der Waals surface area contributed by atoms with Crippen LogP contribution >= 0.6 is 0 Å². The highest BCUT2D eigenvalue weighted by molar-refractivity contribution is 5.84. The molecule has 162 valence electrons. The second-order valence-corrected chi connectivity index (χ2v) is 7.39. The number of hydrogen-bond acceptors (Lipinski definition) is 6. The number of amides is 2. The van der Waals surface area contributed by atoms with Crippen LogP contribution in [0.1, 0.15) is 36.8 Å². The summed E-state index contributed by atoms with van der Waals surface area (Å²) < 4.78 is 15.9. The molecule has 2 atom stereocenters. The topological polar surface area (TPSA) is 106 Å². The van der Waals surface area contributed by atoms with Crippen LogP contribution in [0.25, 0.3) is 0 Å². The average molecular weight is 416 g/mol. The maximum Gasteiger partial charge on any atom is 0.328 e. The first-order valence-corrected chi connectivity index (χ1v) is 9.80. The molecular weight excluding hydrogens is 388 g/mol. The number of esters is 1. The number of carbonyl (C=O) groups excluding carboxylic acids is 2. The average Bonchev–Trinajstić information content (AvgIpc) is 3.24. The number of imidazole rings is 1. The van der Waals surface area contributed by atoms with Crippen molar-refractivity contribution in [3.05, 3.63) is 41.5 Å². The van der Waals surface area contributed by atoms with Crippen LogP contribution in [0.2, 0.25) is 0 Å². The minimum atomic E-state index is -0.754. The van der Waals surface area contributed by atoms with Gasteiger partial charge in [0, 0.05) is 24.2 Å². The molecule has 1 aliphatic rings. The minimum absolute atomic E-state index is 0.128. The summed E-state index contributed by atoms with van der Waals surface area (Å²) in [7, 11) is 4.44. The summed E-state index contributed by atoms with van der Waals surface area (Å²) in [5.41, 5.74) is 2.45. The van der Waals surface area contributed by atoms with Crippen molar-refractivity contribution in [1.29, 1.82) is 0 Å². The number of hydrogen-bond donors (Lipinski definition) is 2. The number of ether oxygens (including phenoxy) is 3. The van der Waals surface area contributed by atoms with Crippen molar-refractivity contribution >= 4 is 12.0 Å². The van der Waals surface area contributed by atoms with Gasteiger partial charge in [-0.15, -0.1) is 0 Å². The zero-order chi connectivity index (χ0) is 21.8. The third-order valence-corrected chi connectivity index (χ3v) is 5.31. The number of nitrogens with one attached hydrogen (secondary N) is 2. The minimum Gasteiger partial charge on any atom is -0.493 e. The third kappa shape index (κ3) is 3.92. The molecule has 0 radical (unpaired) electrons. The Labute approximate surface area is 175 Å². The monoisotopic (exact) mass is 416 g/mol. The number of fused-ring (bicyclic) bond motifs is 1. The molecule has 9 nitrogen and oxygen atoms in total. The summed E-state index contributed by atoms with van der Waals surface area (Å²) in [6, 6.07) is 3.90. The van der Waals surface area contributed by atoms with Crippen molar-refractivity contribution in [3.8, 4) is 11.5 Å². The number of para-hydroxylation sites is 1. The van der Waals surface area contributed by atoms with Gasteiger partial charge in [0.15, 0.2) is 11.5 Å². The van der Waals surface area contributed by atoms with E-state index in [1.54, 1.807) is 31.5 Å². The molecule has 0 saturated heterocycles. The van der Waals surface area contributed by atoms with Gasteiger partial charge in [-0.1, -0.05) is 26.0 Å². The van der Waals surface area contributed by atoms with Crippen molar-refractivity contribution in [2.45, 2.75) is 32.4 Å². The number of methoxy groups -OCH3 is 3. The van der Waals surface area contributed by atoms with Crippen LogP contribution in [0.15, 0.2) is 24.5 Å². The van der Waals surface area contributed by atoms with Gasteiger partial charge >= 0.3 is 12.0 Å². The smallest absolute Gasteiger partial charge is 0.328 e. The summed E-state index contributed by atoms with van der Waals surface area (Å²) in [5, 5.41) is 2.83. The van der Waals surface area contributed by atoms with E-state index in [1.165, 1.54) is 7.11 Å². The number of urea groups is 1. The lowest BCUT2D eigenvalue weighted by atomic mass is 9.94. The summed E-state index contributed by atoms with van der Waals surface area (Å²) in [4.78, 5) is 34.8. The van der Waals surface area contributed by atoms with Crippen LogP contribution < -0.4 is 14.8 Å². The molecule has 0 spiro atoms. The SMILES string of the molecule is COC(=O)[C@@H](NC(=O)N1CCc2[nH]cnc2[C@@H]1c1cccc(OC)c1OC)C(C)C. The lowest BCUT2D eigenvalue weighted by Gasteiger charge is -2.37. The highest BCUT2D eigenvalue weighted by Gasteiger charge is 2.38. The zero-order valence-corrected chi connectivity index (χ0v) is 17.9. The van der Waals surface area contributed by atoms with Crippen molar-refractivity contribution in [2.75, 3.05) is 27.9 Å². The third-order valence-electron chi connectivity index (χ3n) is 5.31. The van der Waals surface area contributed by atoms with Gasteiger partial charge in [0.1, 0.15) is 12.1 Å². The normalized spacial score (nSPS) is 16.6. The van der Waals surface area contributed by atoms with Gasteiger partial charge in [-0.2, -0.15) is 0 Å². The Kier molecular flexibility index (Phi) is 6.49. The Bertz CT molecular complexity index is 911. The first-order chi connectivity index (χ1) is 14.4. The first-order valence-electron chi connectivity index (χ1n) is 9.80. The number of carbonyl (C=O) groups is 2. The van der Waals surface area contributed by atoms with E-state index in [0.717, 1.165) is 17.0 Å². The quantitative estimate of drug-likeness (QED) is 0.700. The molecule has 2 amide bonds. The molecule has 3 rings (SSSR count). The molecule has 9 heteroatoms. The van der Waals surface area contributed by atoms with Gasteiger partial charge in [0.25, 0.3) is 0 Å². The maximum absolute atomic E-state index is 13.3. The van der Waals surface area contributed by atoms with Crippen molar-refractivity contribution in [1.82, 2.24) is 20.2 Å². The second kappa shape index (κ2) is 9.06. The molecule has 30 heavy (non-hydrogen) atoms. The number of benzene rings is 1. The van der Waals surface area contributed by atoms with Crippen molar-refractivity contribution in [3.63, 3.8) is 0 Å². The molecule has 1 aromatic heterocycles. The number of nitrogens with zero attached hydrogens (tertiary/aromatic N) is 2. The summed E-state index contributed by atoms with van der Waals surface area (Å²) in [6.45, 7) is 4.15. The molecule has 0 bridgehead atoms. The molecule has 2 N–H and O–H groups in total. The predicted octanol–water partition coefficient (Wildman–Crippen LogP) is 2.28. The van der Waals surface area contributed by atoms with Crippen LogP contribution in [-0.2, 0) is 16.0 Å². The summed E-state index contributed by atoms with van der Waals surface area (Å²) in [6.07, 6.45) is 2.24. The van der Waals surface area contributed by atoms with E-state index in [-0.39, 0.29) is 11.9 Å². The Morgan fingerprint density at radius 1 is 1.23 bits per heavy atom. The molecule has 1 aromatic carbocycles. The van der Waals surface area contributed by atoms with Crippen LogP contribution in [-0.4, -0.2) is 60.8 Å². The first kappa shape index (κ1) is 21.5. The molecule has 0 unspecified atom stereocenters. The fraction of sp³-hybridized carbons (Fsp3) is 0.476. The Morgan fingerprint density at radius 3 is 2.63 bits per heavy atom. The number of aromatic amines is 1. The summed E-state index contributed by atoms with van der Waals surface area (Å²) >= 11 is 0. The lowest BCUT2D eigenvalue weighted by Crippen LogP contribution is -2.53. The van der Waals surface area contributed by atoms with Gasteiger partial charge in [0.05, 0.1) is 33.4 Å². The van der Waals surface area contributed by atoms with E-state index in [2.05, 4.69) is 15.3 Å². The molecule has 2 aromatic rings. The van der Waals surface area contributed by atoms with E-state index in [0.29, 0.717) is 24.5 Å². The van der Waals surface area contributed by atoms with E-state index < -0.39 is 18.1 Å². The van der Waals surface area contributed by atoms with Gasteiger partial charge in [-0.05, 0) is 12.0 Å². The fourth-order valence-corrected chi connectivity index (χ4v) is 3.78.